The first-order valence-corrected chi connectivity index (χ1v) is 10.3. The van der Waals surface area contributed by atoms with Gasteiger partial charge in [0, 0.05) is 23.2 Å². The highest BCUT2D eigenvalue weighted by Gasteiger charge is 2.53. The number of hydrogen-bond donors (Lipinski definition) is 2. The fraction of sp³-hybridized carbons (Fsp3) is 0.333. The molecule has 1 heterocycles. The van der Waals surface area contributed by atoms with Crippen LogP contribution in [0.4, 0.5) is 23.2 Å². The largest absolute Gasteiger partial charge is 0.493 e. The van der Waals surface area contributed by atoms with Gasteiger partial charge in [0.15, 0.2) is 17.2 Å². The summed E-state index contributed by atoms with van der Waals surface area (Å²) in [6.07, 6.45) is -5.16. The van der Waals surface area contributed by atoms with Crippen molar-refractivity contribution in [3.8, 4) is 5.75 Å². The van der Waals surface area contributed by atoms with Crippen molar-refractivity contribution >= 4 is 22.8 Å². The molecule has 0 aliphatic rings. The van der Waals surface area contributed by atoms with Gasteiger partial charge in [-0.3, -0.25) is 9.79 Å². The van der Waals surface area contributed by atoms with E-state index >= 15 is 0 Å². The second kappa shape index (κ2) is 9.35. The van der Waals surface area contributed by atoms with Gasteiger partial charge in [-0.1, -0.05) is 25.1 Å². The van der Waals surface area contributed by atoms with Gasteiger partial charge in [-0.15, -0.1) is 0 Å². The predicted molar refractivity (Wildman–Crippen MR) is 119 cm³/mol. The molecule has 176 valence electrons. The van der Waals surface area contributed by atoms with E-state index < -0.39 is 29.9 Å². The highest BCUT2D eigenvalue weighted by atomic mass is 19.4. The van der Waals surface area contributed by atoms with Crippen LogP contribution >= 0.6 is 0 Å². The smallest absolute Gasteiger partial charge is 0.422 e. The third-order valence-electron chi connectivity index (χ3n) is 5.67. The van der Waals surface area contributed by atoms with Crippen LogP contribution in [0.25, 0.3) is 10.9 Å². The maximum absolute atomic E-state index is 14.5. The molecule has 0 aliphatic heterocycles. The number of benzene rings is 2. The number of aliphatic hydroxyl groups is 1. The van der Waals surface area contributed by atoms with E-state index in [1.54, 1.807) is 13.0 Å². The summed E-state index contributed by atoms with van der Waals surface area (Å²) >= 11 is 0. The number of rotatable bonds is 7. The van der Waals surface area contributed by atoms with Crippen LogP contribution in [0.5, 0.6) is 5.75 Å². The second-order valence-corrected chi connectivity index (χ2v) is 7.87. The Morgan fingerprint density at radius 3 is 2.55 bits per heavy atom. The molecule has 0 amide bonds. The van der Waals surface area contributed by atoms with Crippen LogP contribution in [-0.2, 0) is 0 Å². The molecule has 0 saturated heterocycles. The average molecular weight is 464 g/mol. The number of pyridine rings is 1. The summed E-state index contributed by atoms with van der Waals surface area (Å²) in [5.41, 5.74) is -2.56. The van der Waals surface area contributed by atoms with Crippen LogP contribution in [0.1, 0.15) is 36.8 Å². The first-order valence-electron chi connectivity index (χ1n) is 10.3. The van der Waals surface area contributed by atoms with Crippen molar-refractivity contribution in [1.29, 1.82) is 0 Å². The molecule has 3 aromatic rings. The highest BCUT2D eigenvalue weighted by Crippen LogP contribution is 2.42. The van der Waals surface area contributed by atoms with Crippen molar-refractivity contribution in [3.63, 3.8) is 0 Å². The minimum atomic E-state index is -5.04. The molecular formula is C24H24F4N2O3. The summed E-state index contributed by atoms with van der Waals surface area (Å²) in [6, 6.07) is 10.3. The number of nitrogens with zero attached hydrogens (tertiary/aromatic N) is 1. The molecule has 2 aromatic carbocycles. The topological polar surface area (TPSA) is 74.7 Å². The molecule has 2 N–H and O–H groups in total. The minimum Gasteiger partial charge on any atom is -0.493 e. The number of alkyl halides is 3. The van der Waals surface area contributed by atoms with Crippen LogP contribution in [-0.4, -0.2) is 35.2 Å². The van der Waals surface area contributed by atoms with Crippen LogP contribution in [0, 0.1) is 12.7 Å². The Kier molecular flexibility index (Phi) is 6.92. The quantitative estimate of drug-likeness (QED) is 0.355. The van der Waals surface area contributed by atoms with Crippen LogP contribution in [0.15, 0.2) is 52.3 Å². The summed E-state index contributed by atoms with van der Waals surface area (Å²) in [5.74, 6) is -1.65. The average Bonchev–Trinajstić information content (AvgIpc) is 2.76. The third-order valence-corrected chi connectivity index (χ3v) is 5.67. The number of hydrogen-bond acceptors (Lipinski definition) is 4. The van der Waals surface area contributed by atoms with Crippen molar-refractivity contribution < 1.29 is 27.4 Å². The Hall–Kier alpha value is -3.20. The molecule has 1 aromatic heterocycles. The summed E-state index contributed by atoms with van der Waals surface area (Å²) in [6.45, 7) is 3.18. The van der Waals surface area contributed by atoms with Crippen LogP contribution in [0.3, 0.4) is 0 Å². The molecule has 0 radical (unpaired) electrons. The standard InChI is InChI=1S/C24H24F4N2O3/c1-4-15(16-9-8-14(2)21(25)22(16)33-3)12-23(32,24(26,27)28)13-29-18-6-5-7-19-17(18)10-11-20(31)30-19/h5-11,13,15,32H,4,12H2,1-3H3,(H,30,31)/b29-13+. The molecule has 5 nitrogen and oxygen atoms in total. The summed E-state index contributed by atoms with van der Waals surface area (Å²) in [7, 11) is 1.25. The van der Waals surface area contributed by atoms with Crippen molar-refractivity contribution in [2.24, 2.45) is 4.99 Å². The Morgan fingerprint density at radius 1 is 1.18 bits per heavy atom. The number of ether oxygens (including phenoxy) is 1. The van der Waals surface area contributed by atoms with Gasteiger partial charge in [0.05, 0.1) is 18.3 Å². The highest BCUT2D eigenvalue weighted by molar-refractivity contribution is 5.91. The first kappa shape index (κ1) is 24.4. The van der Waals surface area contributed by atoms with Gasteiger partial charge in [0.1, 0.15) is 0 Å². The summed E-state index contributed by atoms with van der Waals surface area (Å²) in [5, 5.41) is 11.1. The van der Waals surface area contributed by atoms with Gasteiger partial charge in [-0.25, -0.2) is 4.39 Å². The molecule has 0 fully saturated rings. The van der Waals surface area contributed by atoms with E-state index in [-0.39, 0.29) is 29.0 Å². The zero-order valence-electron chi connectivity index (χ0n) is 18.3. The van der Waals surface area contributed by atoms with Crippen molar-refractivity contribution in [2.75, 3.05) is 7.11 Å². The van der Waals surface area contributed by atoms with Gasteiger partial charge < -0.3 is 14.8 Å². The normalized spacial score (nSPS) is 15.0. The second-order valence-electron chi connectivity index (χ2n) is 7.87. The molecule has 0 bridgehead atoms. The lowest BCUT2D eigenvalue weighted by atomic mass is 9.83. The third kappa shape index (κ3) is 4.93. The fourth-order valence-electron chi connectivity index (χ4n) is 3.75. The number of aromatic nitrogens is 1. The van der Waals surface area contributed by atoms with E-state index in [9.17, 15) is 27.5 Å². The van der Waals surface area contributed by atoms with E-state index in [0.717, 1.165) is 0 Å². The molecular weight excluding hydrogens is 440 g/mol. The number of aryl methyl sites for hydroxylation is 1. The number of nitrogens with one attached hydrogen (secondary N) is 1. The molecule has 0 saturated carbocycles. The van der Waals surface area contributed by atoms with Crippen molar-refractivity contribution in [1.82, 2.24) is 4.98 Å². The Labute approximate surface area is 187 Å². The fourth-order valence-corrected chi connectivity index (χ4v) is 3.75. The minimum absolute atomic E-state index is 0.138. The van der Waals surface area contributed by atoms with Gasteiger partial charge >= 0.3 is 6.18 Å². The lowest BCUT2D eigenvalue weighted by Crippen LogP contribution is -2.47. The molecule has 2 atom stereocenters. The zero-order valence-corrected chi connectivity index (χ0v) is 18.3. The Morgan fingerprint density at radius 2 is 1.91 bits per heavy atom. The van der Waals surface area contributed by atoms with Gasteiger partial charge in [0.2, 0.25) is 5.56 Å². The van der Waals surface area contributed by atoms with E-state index in [1.807, 2.05) is 0 Å². The summed E-state index contributed by atoms with van der Waals surface area (Å²) < 4.78 is 61.7. The molecule has 2 unspecified atom stereocenters. The maximum atomic E-state index is 14.5. The van der Waals surface area contributed by atoms with Gasteiger partial charge in [-0.05, 0) is 49.4 Å². The molecule has 0 spiro atoms. The number of halogens is 4. The van der Waals surface area contributed by atoms with Crippen LogP contribution < -0.4 is 10.3 Å². The lowest BCUT2D eigenvalue weighted by Gasteiger charge is -2.31. The lowest BCUT2D eigenvalue weighted by molar-refractivity contribution is -0.232. The SMILES string of the molecule is CCC(CC(O)(/C=N/c1cccc2[nH]c(=O)ccc12)C(F)(F)F)c1ccc(C)c(F)c1OC. The van der Waals surface area contributed by atoms with Gasteiger partial charge in [0.25, 0.3) is 0 Å². The monoisotopic (exact) mass is 464 g/mol. The van der Waals surface area contributed by atoms with E-state index in [0.29, 0.717) is 22.7 Å². The Bertz CT molecular complexity index is 1240. The number of fused-ring (bicyclic) bond motifs is 1. The molecule has 9 heteroatoms. The number of aliphatic imine (C=N–C) groups is 1. The van der Waals surface area contributed by atoms with E-state index in [2.05, 4.69) is 9.98 Å². The zero-order chi connectivity index (χ0) is 24.4. The van der Waals surface area contributed by atoms with Crippen molar-refractivity contribution in [3.05, 3.63) is 69.8 Å². The molecule has 33 heavy (non-hydrogen) atoms. The first-order chi connectivity index (χ1) is 15.5. The number of H-pyrrole nitrogens is 1. The molecule has 3 rings (SSSR count). The molecule has 0 aliphatic carbocycles. The van der Waals surface area contributed by atoms with Gasteiger partial charge in [-0.2, -0.15) is 13.2 Å². The predicted octanol–water partition coefficient (Wildman–Crippen LogP) is 5.56. The van der Waals surface area contributed by atoms with Crippen molar-refractivity contribution in [2.45, 2.75) is 44.4 Å². The van der Waals surface area contributed by atoms with Crippen LogP contribution in [0.2, 0.25) is 0 Å². The van der Waals surface area contributed by atoms with E-state index in [4.69, 9.17) is 4.74 Å². The maximum Gasteiger partial charge on any atom is 0.422 e. The number of methoxy groups -OCH3 is 1. The summed E-state index contributed by atoms with van der Waals surface area (Å²) in [4.78, 5) is 18.0. The van der Waals surface area contributed by atoms with E-state index in [1.165, 1.54) is 50.4 Å². The number of aromatic amines is 1. The Balaban J connectivity index is 2.04.